The van der Waals surface area contributed by atoms with Crippen LogP contribution in [0.5, 0.6) is 5.75 Å². The first-order valence-electron chi connectivity index (χ1n) is 10.2. The first-order chi connectivity index (χ1) is 14.6. The molecule has 31 heavy (non-hydrogen) atoms. The van der Waals surface area contributed by atoms with Gasteiger partial charge in [0, 0.05) is 39.3 Å². The highest BCUT2D eigenvalue weighted by molar-refractivity contribution is 14.0. The summed E-state index contributed by atoms with van der Waals surface area (Å²) in [6, 6.07) is 6.26. The van der Waals surface area contributed by atoms with Crippen LogP contribution in [-0.2, 0) is 13.6 Å². The molecule has 1 aromatic carbocycles. The number of aromatic nitrogens is 4. The van der Waals surface area contributed by atoms with Crippen molar-refractivity contribution in [1.82, 2.24) is 30.4 Å². The fourth-order valence-corrected chi connectivity index (χ4v) is 3.02. The van der Waals surface area contributed by atoms with Crippen molar-refractivity contribution in [2.24, 2.45) is 12.0 Å². The molecule has 0 fully saturated rings. The zero-order chi connectivity index (χ0) is 21.3. The summed E-state index contributed by atoms with van der Waals surface area (Å²) in [7, 11) is 3.62. The molecule has 0 bridgehead atoms. The molecule has 2 aromatic heterocycles. The van der Waals surface area contributed by atoms with Gasteiger partial charge in [-0.1, -0.05) is 19.1 Å². The maximum atomic E-state index is 5.89. The van der Waals surface area contributed by atoms with Crippen molar-refractivity contribution in [2.45, 2.75) is 26.8 Å². The van der Waals surface area contributed by atoms with E-state index in [9.17, 15) is 0 Å². The molecule has 0 saturated carbocycles. The van der Waals surface area contributed by atoms with E-state index in [1.54, 1.807) is 24.3 Å². The van der Waals surface area contributed by atoms with E-state index in [4.69, 9.17) is 4.74 Å². The number of hydrogen-bond acceptors (Lipinski definition) is 6. The molecular formula is C21H31IN8O. The SMILES string of the molecule is CCCOc1cc(C)ccc1CNC(=NC)NCCNc1ncnc2c1cnn2C.I. The van der Waals surface area contributed by atoms with Crippen LogP contribution >= 0.6 is 24.0 Å². The van der Waals surface area contributed by atoms with Gasteiger partial charge in [-0.05, 0) is 25.0 Å². The van der Waals surface area contributed by atoms with Crippen molar-refractivity contribution >= 4 is 46.8 Å². The Kier molecular flexibility index (Phi) is 9.76. The molecule has 3 rings (SSSR count). The molecule has 3 aromatic rings. The Morgan fingerprint density at radius 2 is 2.03 bits per heavy atom. The first kappa shape index (κ1) is 24.6. The monoisotopic (exact) mass is 538 g/mol. The zero-order valence-electron chi connectivity index (χ0n) is 18.5. The van der Waals surface area contributed by atoms with Crippen molar-refractivity contribution in [3.8, 4) is 5.75 Å². The minimum atomic E-state index is 0. The number of nitrogens with zero attached hydrogens (tertiary/aromatic N) is 5. The Morgan fingerprint density at radius 3 is 2.81 bits per heavy atom. The molecule has 10 heteroatoms. The third kappa shape index (κ3) is 6.68. The van der Waals surface area contributed by atoms with Crippen LogP contribution in [0.1, 0.15) is 24.5 Å². The molecule has 0 saturated heterocycles. The summed E-state index contributed by atoms with van der Waals surface area (Å²) in [6.07, 6.45) is 4.29. The topological polar surface area (TPSA) is 101 Å². The number of anilines is 1. The highest BCUT2D eigenvalue weighted by atomic mass is 127. The smallest absolute Gasteiger partial charge is 0.191 e. The Bertz CT molecular complexity index is 1000. The van der Waals surface area contributed by atoms with Gasteiger partial charge in [0.25, 0.3) is 0 Å². The fourth-order valence-electron chi connectivity index (χ4n) is 3.02. The second-order valence-corrected chi connectivity index (χ2v) is 6.97. The van der Waals surface area contributed by atoms with E-state index in [0.29, 0.717) is 26.2 Å². The quantitative estimate of drug-likeness (QED) is 0.167. The predicted molar refractivity (Wildman–Crippen MR) is 135 cm³/mol. The lowest BCUT2D eigenvalue weighted by Gasteiger charge is -2.15. The summed E-state index contributed by atoms with van der Waals surface area (Å²) in [5, 5.41) is 15.1. The Hall–Kier alpha value is -2.63. The van der Waals surface area contributed by atoms with Crippen molar-refractivity contribution in [2.75, 3.05) is 32.1 Å². The van der Waals surface area contributed by atoms with E-state index in [2.05, 4.69) is 68.1 Å². The van der Waals surface area contributed by atoms with Crippen LogP contribution in [0.2, 0.25) is 0 Å². The Morgan fingerprint density at radius 1 is 1.19 bits per heavy atom. The lowest BCUT2D eigenvalue weighted by molar-refractivity contribution is 0.313. The average molecular weight is 538 g/mol. The van der Waals surface area contributed by atoms with Crippen LogP contribution in [0, 0.1) is 6.92 Å². The Labute approximate surface area is 200 Å². The molecule has 3 N–H and O–H groups in total. The first-order valence-corrected chi connectivity index (χ1v) is 10.2. The maximum absolute atomic E-state index is 5.89. The molecule has 0 unspecified atom stereocenters. The summed E-state index contributed by atoms with van der Waals surface area (Å²) < 4.78 is 7.62. The van der Waals surface area contributed by atoms with Crippen molar-refractivity contribution in [1.29, 1.82) is 0 Å². The minimum absolute atomic E-state index is 0. The summed E-state index contributed by atoms with van der Waals surface area (Å²) in [6.45, 7) is 6.88. The second kappa shape index (κ2) is 12.3. The number of rotatable bonds is 9. The molecule has 9 nitrogen and oxygen atoms in total. The van der Waals surface area contributed by atoms with Gasteiger partial charge in [0.2, 0.25) is 0 Å². The summed E-state index contributed by atoms with van der Waals surface area (Å²) in [5.41, 5.74) is 3.10. The standard InChI is InChI=1S/C21H30N8O.HI/c1-5-10-30-18-11-15(2)6-7-16(18)12-25-21(22-3)24-9-8-23-19-17-13-28-29(4)20(17)27-14-26-19;/h6-7,11,13-14H,5,8-10,12H2,1-4H3,(H2,22,24,25)(H,23,26,27);1H. The van der Waals surface area contributed by atoms with Crippen LogP contribution in [0.4, 0.5) is 5.82 Å². The number of benzene rings is 1. The molecule has 0 atom stereocenters. The zero-order valence-corrected chi connectivity index (χ0v) is 20.8. The van der Waals surface area contributed by atoms with Gasteiger partial charge in [-0.2, -0.15) is 5.10 Å². The normalized spacial score (nSPS) is 11.2. The predicted octanol–water partition coefficient (Wildman–Crippen LogP) is 2.86. The molecule has 0 radical (unpaired) electrons. The average Bonchev–Trinajstić information content (AvgIpc) is 3.14. The van der Waals surface area contributed by atoms with Gasteiger partial charge in [0.15, 0.2) is 11.6 Å². The van der Waals surface area contributed by atoms with E-state index in [1.165, 1.54) is 5.56 Å². The van der Waals surface area contributed by atoms with Crippen LogP contribution in [0.15, 0.2) is 35.7 Å². The minimum Gasteiger partial charge on any atom is -0.493 e. The summed E-state index contributed by atoms with van der Waals surface area (Å²) in [5.74, 6) is 2.42. The lowest BCUT2D eigenvalue weighted by Crippen LogP contribution is -2.39. The van der Waals surface area contributed by atoms with Crippen LogP contribution in [0.3, 0.4) is 0 Å². The summed E-state index contributed by atoms with van der Waals surface area (Å²) >= 11 is 0. The molecule has 168 valence electrons. The number of nitrogens with one attached hydrogen (secondary N) is 3. The van der Waals surface area contributed by atoms with Gasteiger partial charge in [0.1, 0.15) is 17.9 Å². The number of aryl methyl sites for hydroxylation is 2. The van der Waals surface area contributed by atoms with Crippen molar-refractivity contribution < 1.29 is 4.74 Å². The second-order valence-electron chi connectivity index (χ2n) is 6.97. The molecule has 0 spiro atoms. The van der Waals surface area contributed by atoms with E-state index >= 15 is 0 Å². The number of guanidine groups is 1. The van der Waals surface area contributed by atoms with Gasteiger partial charge in [-0.25, -0.2) is 9.97 Å². The lowest BCUT2D eigenvalue weighted by atomic mass is 10.1. The van der Waals surface area contributed by atoms with Crippen LogP contribution in [0.25, 0.3) is 11.0 Å². The van der Waals surface area contributed by atoms with Gasteiger partial charge in [-0.15, -0.1) is 24.0 Å². The highest BCUT2D eigenvalue weighted by Gasteiger charge is 2.08. The molecule has 0 aliphatic rings. The third-order valence-electron chi connectivity index (χ3n) is 4.59. The molecule has 0 aliphatic carbocycles. The van der Waals surface area contributed by atoms with E-state index in [0.717, 1.165) is 40.5 Å². The van der Waals surface area contributed by atoms with Crippen molar-refractivity contribution in [3.05, 3.63) is 41.9 Å². The molecule has 2 heterocycles. The highest BCUT2D eigenvalue weighted by Crippen LogP contribution is 2.20. The van der Waals surface area contributed by atoms with Crippen LogP contribution < -0.4 is 20.7 Å². The number of ether oxygens (including phenoxy) is 1. The van der Waals surface area contributed by atoms with E-state index in [-0.39, 0.29) is 24.0 Å². The molecule has 0 aliphatic heterocycles. The maximum Gasteiger partial charge on any atom is 0.191 e. The largest absolute Gasteiger partial charge is 0.493 e. The van der Waals surface area contributed by atoms with Gasteiger partial charge in [0.05, 0.1) is 18.2 Å². The molecule has 0 amide bonds. The van der Waals surface area contributed by atoms with Gasteiger partial charge < -0.3 is 20.7 Å². The van der Waals surface area contributed by atoms with Crippen LogP contribution in [-0.4, -0.2) is 52.5 Å². The van der Waals surface area contributed by atoms with Gasteiger partial charge >= 0.3 is 0 Å². The van der Waals surface area contributed by atoms with E-state index < -0.39 is 0 Å². The molecular weight excluding hydrogens is 507 g/mol. The number of halogens is 1. The summed E-state index contributed by atoms with van der Waals surface area (Å²) in [4.78, 5) is 12.9. The van der Waals surface area contributed by atoms with Gasteiger partial charge in [-0.3, -0.25) is 9.67 Å². The number of fused-ring (bicyclic) bond motifs is 1. The van der Waals surface area contributed by atoms with E-state index in [1.807, 2.05) is 7.05 Å². The fraction of sp³-hybridized carbons (Fsp3) is 0.429. The number of hydrogen-bond donors (Lipinski definition) is 3. The Balaban J connectivity index is 0.00000341. The third-order valence-corrected chi connectivity index (χ3v) is 4.59. The number of aliphatic imine (C=N–C) groups is 1. The van der Waals surface area contributed by atoms with Crippen molar-refractivity contribution in [3.63, 3.8) is 0 Å².